The number of hydrogen-bond acceptors (Lipinski definition) is 3. The second-order valence-corrected chi connectivity index (χ2v) is 8.79. The summed E-state index contributed by atoms with van der Waals surface area (Å²) in [7, 11) is 4.62. The molecule has 0 aromatic rings. The zero-order valence-electron chi connectivity index (χ0n) is 19.3. The number of esters is 1. The molecule has 0 aliphatic heterocycles. The topological polar surface area (TPSA) is 63.6 Å². The summed E-state index contributed by atoms with van der Waals surface area (Å²) < 4.78 is 5.06. The highest BCUT2D eigenvalue weighted by Gasteiger charge is 2.07. The van der Waals surface area contributed by atoms with E-state index >= 15 is 0 Å². The molecule has 0 unspecified atom stereocenters. The molecule has 0 rings (SSSR count). The fraction of sp³-hybridized carbons (Fsp3) is 0.826. The van der Waals surface area contributed by atoms with E-state index in [1.807, 2.05) is 0 Å². The summed E-state index contributed by atoms with van der Waals surface area (Å²) in [4.78, 5) is 22.0. The lowest BCUT2D eigenvalue weighted by Crippen LogP contribution is -2.08. The molecule has 1 N–H and O–H groups in total. The van der Waals surface area contributed by atoms with Gasteiger partial charge in [0.25, 0.3) is 0 Å². The average molecular weight is 406 g/mol. The molecule has 0 amide bonds. The number of carboxylic acids is 1. The quantitative estimate of drug-likeness (QED) is 0.136. The number of hydrogen-bond donors (Lipinski definition) is 1. The molecule has 0 aliphatic carbocycles. The van der Waals surface area contributed by atoms with Gasteiger partial charge in [-0.2, -0.15) is 0 Å². The monoisotopic (exact) mass is 406 g/mol. The molecule has 0 saturated heterocycles. The van der Waals surface area contributed by atoms with Gasteiger partial charge in [0.2, 0.25) is 0 Å². The van der Waals surface area contributed by atoms with Crippen LogP contribution >= 0.6 is 0 Å². The van der Waals surface area contributed by atoms with E-state index in [1.54, 1.807) is 0 Å². The van der Waals surface area contributed by atoms with Crippen LogP contribution in [0.4, 0.5) is 0 Å². The van der Waals surface area contributed by atoms with Crippen molar-refractivity contribution in [1.29, 1.82) is 0 Å². The summed E-state index contributed by atoms with van der Waals surface area (Å²) >= 11 is 0. The van der Waals surface area contributed by atoms with Gasteiger partial charge in [-0.15, -0.1) is 0 Å². The number of unbranched alkanes of at least 4 members (excludes halogenated alkanes) is 14. The summed E-state index contributed by atoms with van der Waals surface area (Å²) in [5.41, 5.74) is 0.998. The highest BCUT2D eigenvalue weighted by Crippen LogP contribution is 2.14. The van der Waals surface area contributed by atoms with Gasteiger partial charge in [-0.3, -0.25) is 0 Å². The Morgan fingerprint density at radius 2 is 1.14 bits per heavy atom. The van der Waals surface area contributed by atoms with Crippen molar-refractivity contribution in [2.24, 2.45) is 0 Å². The van der Waals surface area contributed by atoms with Gasteiger partial charge in [0.15, 0.2) is 0 Å². The standard InChI is InChI=1S/C23H44B2O4/c1-20(19-22(26)27)23(28)29-18-16-14-12-10-8-6-4-2-3-5-7-9-11-13-15-17-21(24)25/h19,21H,2-18,24-25H2,1H3,(H,26,27)/b20-19+. The maximum Gasteiger partial charge on any atom is 0.333 e. The van der Waals surface area contributed by atoms with E-state index < -0.39 is 11.9 Å². The van der Waals surface area contributed by atoms with Crippen LogP contribution in [0.15, 0.2) is 11.6 Å². The lowest BCUT2D eigenvalue weighted by atomic mass is 9.68. The first-order chi connectivity index (χ1) is 13.9. The first kappa shape index (κ1) is 27.8. The number of carboxylic acid groups (broad SMARTS) is 1. The molecule has 29 heavy (non-hydrogen) atoms. The molecule has 166 valence electrons. The van der Waals surface area contributed by atoms with E-state index in [0.29, 0.717) is 6.61 Å². The summed E-state index contributed by atoms with van der Waals surface area (Å²) in [6, 6.07) is 0. The van der Waals surface area contributed by atoms with Crippen molar-refractivity contribution < 1.29 is 19.4 Å². The first-order valence-corrected chi connectivity index (χ1v) is 12.0. The minimum absolute atomic E-state index is 0.138. The van der Waals surface area contributed by atoms with Crippen LogP contribution in [0.1, 0.15) is 110 Å². The van der Waals surface area contributed by atoms with E-state index in [4.69, 9.17) is 9.84 Å². The molecule has 0 aliphatic rings. The second-order valence-electron chi connectivity index (χ2n) is 8.79. The molecule has 4 nitrogen and oxygen atoms in total. The molecular formula is C23H44B2O4. The number of carbonyl (C=O) groups is 2. The minimum atomic E-state index is -1.12. The molecule has 0 saturated carbocycles. The maximum absolute atomic E-state index is 11.5. The Labute approximate surface area is 181 Å². The smallest absolute Gasteiger partial charge is 0.333 e. The van der Waals surface area contributed by atoms with E-state index in [-0.39, 0.29) is 5.57 Å². The van der Waals surface area contributed by atoms with Gasteiger partial charge in [0, 0.05) is 11.6 Å². The number of rotatable bonds is 20. The van der Waals surface area contributed by atoms with Crippen LogP contribution in [0.5, 0.6) is 0 Å². The Kier molecular flexibility index (Phi) is 19.3. The van der Waals surface area contributed by atoms with Crippen LogP contribution in [0.25, 0.3) is 0 Å². The molecular weight excluding hydrogens is 362 g/mol. The average Bonchev–Trinajstić information content (AvgIpc) is 2.66. The van der Waals surface area contributed by atoms with Gasteiger partial charge in [-0.1, -0.05) is 102 Å². The van der Waals surface area contributed by atoms with Gasteiger partial charge >= 0.3 is 11.9 Å². The van der Waals surface area contributed by atoms with Crippen molar-refractivity contribution in [2.75, 3.05) is 6.61 Å². The molecule has 0 spiro atoms. The van der Waals surface area contributed by atoms with Crippen LogP contribution in [-0.2, 0) is 14.3 Å². The molecule has 0 aromatic carbocycles. The van der Waals surface area contributed by atoms with Crippen molar-refractivity contribution in [2.45, 2.75) is 115 Å². The highest BCUT2D eigenvalue weighted by molar-refractivity contribution is 6.35. The van der Waals surface area contributed by atoms with Gasteiger partial charge in [0.1, 0.15) is 0 Å². The molecule has 6 heteroatoms. The Balaban J connectivity index is 3.23. The third-order valence-electron chi connectivity index (χ3n) is 5.32. The summed E-state index contributed by atoms with van der Waals surface area (Å²) in [5.74, 6) is -1.65. The first-order valence-electron chi connectivity index (χ1n) is 12.0. The normalized spacial score (nSPS) is 11.7. The van der Waals surface area contributed by atoms with Crippen LogP contribution in [0.2, 0.25) is 5.72 Å². The third kappa shape index (κ3) is 21.3. The molecule has 0 aromatic heterocycles. The van der Waals surface area contributed by atoms with E-state index in [2.05, 4.69) is 15.7 Å². The molecule has 0 bridgehead atoms. The van der Waals surface area contributed by atoms with E-state index in [0.717, 1.165) is 24.6 Å². The van der Waals surface area contributed by atoms with Crippen LogP contribution < -0.4 is 0 Å². The number of carbonyl (C=O) groups excluding carboxylic acids is 1. The Hall–Kier alpha value is -1.19. The largest absolute Gasteiger partial charge is 0.478 e. The van der Waals surface area contributed by atoms with E-state index in [9.17, 15) is 9.59 Å². The van der Waals surface area contributed by atoms with Crippen molar-refractivity contribution >= 4 is 27.6 Å². The molecule has 0 atom stereocenters. The lowest BCUT2D eigenvalue weighted by molar-refractivity contribution is -0.140. The SMILES string of the molecule is BC(B)CCCCCCCCCCCCCCCCCOC(=O)/C(C)=C/C(=O)O. The maximum atomic E-state index is 11.5. The predicted molar refractivity (Wildman–Crippen MR) is 127 cm³/mol. The predicted octanol–water partition coefficient (Wildman–Crippen LogP) is 4.81. The molecule has 0 heterocycles. The Bertz CT molecular complexity index is 450. The van der Waals surface area contributed by atoms with Crippen molar-refractivity contribution in [3.05, 3.63) is 11.6 Å². The van der Waals surface area contributed by atoms with Gasteiger partial charge in [-0.05, 0) is 13.3 Å². The van der Waals surface area contributed by atoms with Crippen molar-refractivity contribution in [1.82, 2.24) is 0 Å². The van der Waals surface area contributed by atoms with Crippen molar-refractivity contribution in [3.63, 3.8) is 0 Å². The van der Waals surface area contributed by atoms with Gasteiger partial charge in [-0.25, -0.2) is 9.59 Å². The Morgan fingerprint density at radius 1 is 0.759 bits per heavy atom. The van der Waals surface area contributed by atoms with Crippen LogP contribution in [0, 0.1) is 0 Å². The number of ether oxygens (including phenoxy) is 1. The Morgan fingerprint density at radius 3 is 1.52 bits per heavy atom. The summed E-state index contributed by atoms with van der Waals surface area (Å²) in [5, 5.41) is 8.58. The van der Waals surface area contributed by atoms with Crippen LogP contribution in [-0.4, -0.2) is 39.3 Å². The molecule has 0 radical (unpaired) electrons. The fourth-order valence-corrected chi connectivity index (χ4v) is 3.48. The fourth-order valence-electron chi connectivity index (χ4n) is 3.48. The highest BCUT2D eigenvalue weighted by atomic mass is 16.5. The van der Waals surface area contributed by atoms with Crippen LogP contribution in [0.3, 0.4) is 0 Å². The summed E-state index contributed by atoms with van der Waals surface area (Å²) in [6.07, 6.45) is 21.9. The zero-order valence-corrected chi connectivity index (χ0v) is 19.3. The van der Waals surface area contributed by atoms with E-state index in [1.165, 1.54) is 96.8 Å². The van der Waals surface area contributed by atoms with Gasteiger partial charge in [0.05, 0.1) is 22.3 Å². The minimum Gasteiger partial charge on any atom is -0.478 e. The lowest BCUT2D eigenvalue weighted by Gasteiger charge is -2.05. The van der Waals surface area contributed by atoms with Gasteiger partial charge < -0.3 is 9.84 Å². The number of aliphatic carboxylic acids is 1. The zero-order chi connectivity index (χ0) is 21.7. The second kappa shape index (κ2) is 20.1. The summed E-state index contributed by atoms with van der Waals surface area (Å²) in [6.45, 7) is 1.84. The third-order valence-corrected chi connectivity index (χ3v) is 5.32. The molecule has 0 fully saturated rings. The van der Waals surface area contributed by atoms with Crippen molar-refractivity contribution in [3.8, 4) is 0 Å².